The van der Waals surface area contributed by atoms with Gasteiger partial charge in [0.1, 0.15) is 16.4 Å². The molecule has 0 aliphatic carbocycles. The van der Waals surface area contributed by atoms with E-state index in [1.807, 2.05) is 23.9 Å². The summed E-state index contributed by atoms with van der Waals surface area (Å²) < 4.78 is 77.1. The number of sulfonamides is 1. The minimum Gasteiger partial charge on any atom is -0.456 e. The number of alkyl halides is 3. The van der Waals surface area contributed by atoms with Crippen LogP contribution in [0.2, 0.25) is 0 Å². The van der Waals surface area contributed by atoms with Gasteiger partial charge in [0.05, 0.1) is 30.5 Å². The van der Waals surface area contributed by atoms with Crippen molar-refractivity contribution >= 4 is 27.5 Å². The Morgan fingerprint density at radius 1 is 0.927 bits per heavy atom. The third-order valence-electron chi connectivity index (χ3n) is 7.04. The molecule has 0 unspecified atom stereocenters. The molecule has 0 bridgehead atoms. The van der Waals surface area contributed by atoms with Crippen molar-refractivity contribution in [2.24, 2.45) is 0 Å². The van der Waals surface area contributed by atoms with Gasteiger partial charge in [-0.3, -0.25) is 0 Å². The van der Waals surface area contributed by atoms with Gasteiger partial charge in [-0.05, 0) is 29.8 Å². The van der Waals surface area contributed by atoms with Crippen LogP contribution in [0.3, 0.4) is 0 Å². The summed E-state index contributed by atoms with van der Waals surface area (Å²) in [5, 5.41) is 8.08. The number of rotatable bonds is 5. The second kappa shape index (κ2) is 11.0. The van der Waals surface area contributed by atoms with Gasteiger partial charge in [0.25, 0.3) is 0 Å². The van der Waals surface area contributed by atoms with Crippen LogP contribution >= 0.6 is 11.8 Å². The molecule has 0 saturated carbocycles. The molecule has 214 valence electrons. The van der Waals surface area contributed by atoms with Crippen LogP contribution in [-0.4, -0.2) is 52.3 Å². The largest absolute Gasteiger partial charge is 0.456 e. The van der Waals surface area contributed by atoms with Crippen molar-refractivity contribution in [1.29, 1.82) is 0 Å². The number of hydrogen-bond acceptors (Lipinski definition) is 7. The maximum Gasteiger partial charge on any atom is 0.416 e. The molecule has 2 aliphatic rings. The minimum absolute atomic E-state index is 0.0206. The molecule has 2 aliphatic heterocycles. The molecule has 0 spiro atoms. The van der Waals surface area contributed by atoms with Crippen molar-refractivity contribution in [3.05, 3.63) is 95.3 Å². The summed E-state index contributed by atoms with van der Waals surface area (Å²) in [7, 11) is -4.05. The van der Waals surface area contributed by atoms with E-state index in [1.54, 1.807) is 30.3 Å². The van der Waals surface area contributed by atoms with Crippen LogP contribution < -0.4 is 9.64 Å². The zero-order valence-electron chi connectivity index (χ0n) is 21.8. The molecule has 1 saturated heterocycles. The number of anilines is 1. The van der Waals surface area contributed by atoms with Crippen molar-refractivity contribution in [3.8, 4) is 11.5 Å². The fourth-order valence-electron chi connectivity index (χ4n) is 4.99. The summed E-state index contributed by atoms with van der Waals surface area (Å²) in [4.78, 5) is 2.25. The Bertz CT molecular complexity index is 1670. The van der Waals surface area contributed by atoms with Gasteiger partial charge < -0.3 is 9.64 Å². The molecule has 3 heterocycles. The Labute approximate surface area is 239 Å². The lowest BCUT2D eigenvalue weighted by molar-refractivity contribution is -0.138. The molecule has 6 rings (SSSR count). The van der Waals surface area contributed by atoms with Crippen LogP contribution in [0.25, 0.3) is 0 Å². The number of benzene rings is 3. The standard InChI is InChI=1S/C28H26F3N5O3S2/c29-28(30,31)24-7-3-1-5-20(24)16-35-18-22(32-33-35)19-36-17-21-6-2-4-8-25(21)39-26-15-23(34-11-13-40-14-12-34)9-10-27(26)41(36,37)38/h1-10,15,18H,11-14,16-17,19H2. The average molecular weight is 602 g/mol. The first-order valence-corrected chi connectivity index (χ1v) is 15.5. The zero-order chi connectivity index (χ0) is 28.6. The topological polar surface area (TPSA) is 80.6 Å². The van der Waals surface area contributed by atoms with Crippen molar-refractivity contribution in [2.75, 3.05) is 29.5 Å². The summed E-state index contributed by atoms with van der Waals surface area (Å²) in [5.74, 6) is 2.78. The van der Waals surface area contributed by atoms with Gasteiger partial charge in [-0.1, -0.05) is 41.6 Å². The maximum atomic E-state index is 14.0. The Morgan fingerprint density at radius 2 is 1.68 bits per heavy atom. The lowest BCUT2D eigenvalue weighted by Gasteiger charge is -2.30. The molecule has 0 N–H and O–H groups in total. The first-order valence-electron chi connectivity index (χ1n) is 13.0. The van der Waals surface area contributed by atoms with E-state index in [2.05, 4.69) is 15.2 Å². The first-order chi connectivity index (χ1) is 19.7. The van der Waals surface area contributed by atoms with E-state index in [1.165, 1.54) is 33.4 Å². The molecule has 0 radical (unpaired) electrons. The third-order valence-corrected chi connectivity index (χ3v) is 9.81. The van der Waals surface area contributed by atoms with Gasteiger partial charge in [0.15, 0.2) is 0 Å². The Hall–Kier alpha value is -3.55. The molecular weight excluding hydrogens is 575 g/mol. The molecule has 1 fully saturated rings. The molecule has 3 aromatic carbocycles. The van der Waals surface area contributed by atoms with Crippen LogP contribution in [0.5, 0.6) is 11.5 Å². The van der Waals surface area contributed by atoms with Crippen LogP contribution in [0.1, 0.15) is 22.4 Å². The number of nitrogens with zero attached hydrogens (tertiary/aromatic N) is 5. The van der Waals surface area contributed by atoms with E-state index in [0.717, 1.165) is 36.3 Å². The van der Waals surface area contributed by atoms with Crippen molar-refractivity contribution < 1.29 is 26.3 Å². The van der Waals surface area contributed by atoms with Crippen LogP contribution in [0.15, 0.2) is 77.8 Å². The average Bonchev–Trinajstić information content (AvgIpc) is 3.40. The minimum atomic E-state index is -4.51. The van der Waals surface area contributed by atoms with Gasteiger partial charge in [0, 0.05) is 48.5 Å². The fourth-order valence-corrected chi connectivity index (χ4v) is 7.38. The summed E-state index contributed by atoms with van der Waals surface area (Å²) in [6, 6.07) is 17.7. The number of aromatic nitrogens is 3. The Kier molecular flexibility index (Phi) is 7.43. The highest BCUT2D eigenvalue weighted by Crippen LogP contribution is 2.39. The van der Waals surface area contributed by atoms with E-state index in [-0.39, 0.29) is 35.8 Å². The summed E-state index contributed by atoms with van der Waals surface area (Å²) in [6.07, 6.45) is -3.03. The molecule has 4 aromatic rings. The van der Waals surface area contributed by atoms with Crippen molar-refractivity contribution in [1.82, 2.24) is 19.3 Å². The predicted molar refractivity (Wildman–Crippen MR) is 149 cm³/mol. The van der Waals surface area contributed by atoms with Gasteiger partial charge in [-0.15, -0.1) is 5.10 Å². The van der Waals surface area contributed by atoms with Crippen molar-refractivity contribution in [2.45, 2.75) is 30.7 Å². The quantitative estimate of drug-likeness (QED) is 0.303. The van der Waals surface area contributed by atoms with Gasteiger partial charge in [-0.25, -0.2) is 13.1 Å². The third kappa shape index (κ3) is 5.79. The molecule has 8 nitrogen and oxygen atoms in total. The molecule has 13 heteroatoms. The SMILES string of the molecule is O=S1(=O)c2ccc(N3CCSCC3)cc2Oc2ccccc2CN1Cc1cn(Cc2ccccc2C(F)(F)F)nn1. The number of ether oxygens (including phenoxy) is 1. The van der Waals surface area contributed by atoms with Gasteiger partial charge in [-0.2, -0.15) is 29.2 Å². The smallest absolute Gasteiger partial charge is 0.416 e. The number of hydrogen-bond donors (Lipinski definition) is 0. The highest BCUT2D eigenvalue weighted by molar-refractivity contribution is 7.99. The van der Waals surface area contributed by atoms with Gasteiger partial charge >= 0.3 is 6.18 Å². The molecule has 0 atom stereocenters. The summed E-state index contributed by atoms with van der Waals surface area (Å²) in [5.41, 5.74) is 1.16. The molecule has 0 amide bonds. The van der Waals surface area contributed by atoms with Crippen LogP contribution in [0, 0.1) is 0 Å². The predicted octanol–water partition coefficient (Wildman–Crippen LogP) is 5.40. The Morgan fingerprint density at radius 3 is 2.49 bits per heavy atom. The molecular formula is C28H26F3N5O3S2. The van der Waals surface area contributed by atoms with Crippen LogP contribution in [-0.2, 0) is 35.8 Å². The number of para-hydroxylation sites is 1. The lowest BCUT2D eigenvalue weighted by atomic mass is 10.1. The van der Waals surface area contributed by atoms with E-state index in [9.17, 15) is 21.6 Å². The summed E-state index contributed by atoms with van der Waals surface area (Å²) in [6.45, 7) is 1.46. The maximum absolute atomic E-state index is 14.0. The normalized spacial score (nSPS) is 17.2. The number of fused-ring (bicyclic) bond motifs is 2. The lowest BCUT2D eigenvalue weighted by Crippen LogP contribution is -2.33. The molecule has 41 heavy (non-hydrogen) atoms. The van der Waals surface area contributed by atoms with Gasteiger partial charge in [0.2, 0.25) is 10.0 Å². The van der Waals surface area contributed by atoms with E-state index in [4.69, 9.17) is 4.74 Å². The number of halogens is 3. The summed E-state index contributed by atoms with van der Waals surface area (Å²) >= 11 is 1.89. The number of thioether (sulfide) groups is 1. The second-order valence-corrected chi connectivity index (χ2v) is 12.9. The van der Waals surface area contributed by atoms with E-state index < -0.39 is 21.8 Å². The molecule has 1 aromatic heterocycles. The highest BCUT2D eigenvalue weighted by atomic mass is 32.2. The zero-order valence-corrected chi connectivity index (χ0v) is 23.4. The Balaban J connectivity index is 1.32. The fraction of sp³-hybridized carbons (Fsp3) is 0.286. The first kappa shape index (κ1) is 27.6. The highest BCUT2D eigenvalue weighted by Gasteiger charge is 2.34. The van der Waals surface area contributed by atoms with E-state index in [0.29, 0.717) is 17.0 Å². The monoisotopic (exact) mass is 601 g/mol. The second-order valence-electron chi connectivity index (χ2n) is 9.78. The van der Waals surface area contributed by atoms with Crippen LogP contribution in [0.4, 0.5) is 18.9 Å². The van der Waals surface area contributed by atoms with E-state index >= 15 is 0 Å². The van der Waals surface area contributed by atoms with Crippen molar-refractivity contribution in [3.63, 3.8) is 0 Å².